The number of hydrogen-bond donors (Lipinski definition) is 2. The quantitative estimate of drug-likeness (QED) is 0.686. The van der Waals surface area contributed by atoms with Crippen LogP contribution in [0.1, 0.15) is 27.7 Å². The van der Waals surface area contributed by atoms with E-state index in [-0.39, 0.29) is 11.8 Å². The summed E-state index contributed by atoms with van der Waals surface area (Å²) < 4.78 is 0. The van der Waals surface area contributed by atoms with Crippen molar-refractivity contribution in [3.05, 3.63) is 0 Å². The third-order valence-electron chi connectivity index (χ3n) is 2.12. The first-order valence-corrected chi connectivity index (χ1v) is 5.06. The van der Waals surface area contributed by atoms with Crippen LogP contribution in [0.5, 0.6) is 0 Å². The first-order valence-electron chi connectivity index (χ1n) is 5.06. The van der Waals surface area contributed by atoms with Gasteiger partial charge in [-0.15, -0.1) is 0 Å². The number of nitrogens with zero attached hydrogens (tertiary/aromatic N) is 2. The molecule has 6 nitrogen and oxygen atoms in total. The van der Waals surface area contributed by atoms with Gasteiger partial charge in [0.1, 0.15) is 0 Å². The van der Waals surface area contributed by atoms with E-state index in [2.05, 4.69) is 20.9 Å². The zero-order chi connectivity index (χ0) is 13.0. The summed E-state index contributed by atoms with van der Waals surface area (Å²) in [5, 5.41) is 12.8. The zero-order valence-corrected chi connectivity index (χ0v) is 10.7. The summed E-state index contributed by atoms with van der Waals surface area (Å²) in [6, 6.07) is 0. The lowest BCUT2D eigenvalue weighted by Crippen LogP contribution is -2.41. The van der Waals surface area contributed by atoms with Crippen LogP contribution in [-0.4, -0.2) is 37.0 Å². The largest absolute Gasteiger partial charge is 0.357 e. The van der Waals surface area contributed by atoms with E-state index in [0.29, 0.717) is 0 Å². The molecule has 6 heteroatoms. The fourth-order valence-electron chi connectivity index (χ4n) is 0.953. The van der Waals surface area contributed by atoms with Crippen LogP contribution in [-0.2, 0) is 9.59 Å². The van der Waals surface area contributed by atoms with E-state index in [1.54, 1.807) is 27.7 Å². The third kappa shape index (κ3) is 3.60. The van der Waals surface area contributed by atoms with Gasteiger partial charge >= 0.3 is 0 Å². The molecule has 0 bridgehead atoms. The minimum Gasteiger partial charge on any atom is -0.357 e. The van der Waals surface area contributed by atoms with E-state index in [4.69, 9.17) is 0 Å². The molecule has 0 aliphatic heterocycles. The fraction of sp³-hybridized carbons (Fsp3) is 0.800. The highest BCUT2D eigenvalue weighted by Crippen LogP contribution is 2.16. The molecule has 0 rings (SSSR count). The number of carbonyl (C=O) groups is 2. The van der Waals surface area contributed by atoms with Crippen molar-refractivity contribution in [3.63, 3.8) is 0 Å². The first kappa shape index (κ1) is 14.5. The van der Waals surface area contributed by atoms with Crippen molar-refractivity contribution in [2.75, 3.05) is 14.1 Å². The lowest BCUT2D eigenvalue weighted by Gasteiger charge is -2.20. The Balaban J connectivity index is 4.84. The Kier molecular flexibility index (Phi) is 4.59. The minimum atomic E-state index is -0.972. The highest BCUT2D eigenvalue weighted by molar-refractivity contribution is 5.86. The summed E-state index contributed by atoms with van der Waals surface area (Å²) in [6.07, 6.45) is 0. The van der Waals surface area contributed by atoms with Gasteiger partial charge < -0.3 is 10.6 Å². The van der Waals surface area contributed by atoms with Gasteiger partial charge in [-0.2, -0.15) is 10.2 Å². The highest BCUT2D eigenvalue weighted by atomic mass is 16.2. The second-order valence-electron chi connectivity index (χ2n) is 4.48. The number of rotatable bonds is 4. The van der Waals surface area contributed by atoms with Gasteiger partial charge in [0.05, 0.1) is 0 Å². The lowest BCUT2D eigenvalue weighted by molar-refractivity contribution is -0.126. The molecule has 2 amide bonds. The van der Waals surface area contributed by atoms with Crippen molar-refractivity contribution in [1.29, 1.82) is 0 Å². The third-order valence-corrected chi connectivity index (χ3v) is 2.12. The molecule has 0 aliphatic rings. The van der Waals surface area contributed by atoms with Gasteiger partial charge in [0.2, 0.25) is 11.8 Å². The maximum atomic E-state index is 11.4. The minimum absolute atomic E-state index is 0.246. The van der Waals surface area contributed by atoms with Gasteiger partial charge in [-0.25, -0.2) is 0 Å². The van der Waals surface area contributed by atoms with E-state index in [9.17, 15) is 9.59 Å². The standard InChI is InChI=1S/C10H20N4O2/c1-9(2,7(15)11-5)13-14-10(3,4)8(16)12-6/h1-6H3,(H,11,15)(H,12,16). The van der Waals surface area contributed by atoms with Gasteiger partial charge in [0.15, 0.2) is 11.1 Å². The second-order valence-corrected chi connectivity index (χ2v) is 4.48. The van der Waals surface area contributed by atoms with E-state index < -0.39 is 11.1 Å². The van der Waals surface area contributed by atoms with Crippen LogP contribution in [0.3, 0.4) is 0 Å². The Bertz CT molecular complexity index is 278. The van der Waals surface area contributed by atoms with E-state index in [1.807, 2.05) is 0 Å². The summed E-state index contributed by atoms with van der Waals surface area (Å²) in [6.45, 7) is 6.54. The number of carbonyl (C=O) groups excluding carboxylic acids is 2. The molecule has 0 atom stereocenters. The summed E-state index contributed by atoms with van der Waals surface area (Å²) >= 11 is 0. The first-order chi connectivity index (χ1) is 7.17. The highest BCUT2D eigenvalue weighted by Gasteiger charge is 2.30. The Morgan fingerprint density at radius 1 is 0.812 bits per heavy atom. The van der Waals surface area contributed by atoms with Crippen molar-refractivity contribution >= 4 is 11.8 Å². The monoisotopic (exact) mass is 228 g/mol. The molecule has 0 aromatic rings. The molecule has 0 fully saturated rings. The fourth-order valence-corrected chi connectivity index (χ4v) is 0.953. The van der Waals surface area contributed by atoms with Crippen LogP contribution in [0, 0.1) is 0 Å². The predicted molar refractivity (Wildman–Crippen MR) is 61.1 cm³/mol. The van der Waals surface area contributed by atoms with Gasteiger partial charge in [-0.1, -0.05) is 0 Å². The Hall–Kier alpha value is -1.46. The molecule has 2 N–H and O–H groups in total. The summed E-state index contributed by atoms with van der Waals surface area (Å²) in [5.74, 6) is -0.493. The van der Waals surface area contributed by atoms with E-state index >= 15 is 0 Å². The van der Waals surface area contributed by atoms with Gasteiger partial charge in [-0.05, 0) is 27.7 Å². The van der Waals surface area contributed by atoms with Crippen molar-refractivity contribution in [1.82, 2.24) is 10.6 Å². The van der Waals surface area contributed by atoms with E-state index in [0.717, 1.165) is 0 Å². The van der Waals surface area contributed by atoms with Gasteiger partial charge in [-0.3, -0.25) is 9.59 Å². The molecule has 0 spiro atoms. The topological polar surface area (TPSA) is 82.9 Å². The predicted octanol–water partition coefficient (Wildman–Crippen LogP) is 0.488. The van der Waals surface area contributed by atoms with Crippen LogP contribution in [0.2, 0.25) is 0 Å². The molecular formula is C10H20N4O2. The summed E-state index contributed by atoms with van der Waals surface area (Å²) in [7, 11) is 3.06. The molecule has 0 saturated heterocycles. The Labute approximate surface area is 95.9 Å². The molecule has 0 aromatic heterocycles. The maximum absolute atomic E-state index is 11.4. The van der Waals surface area contributed by atoms with Gasteiger partial charge in [0.25, 0.3) is 0 Å². The summed E-state index contributed by atoms with van der Waals surface area (Å²) in [5.41, 5.74) is -1.94. The number of amides is 2. The molecule has 0 aromatic carbocycles. The Morgan fingerprint density at radius 2 is 1.06 bits per heavy atom. The number of azo groups is 1. The van der Waals surface area contributed by atoms with Crippen molar-refractivity contribution in [2.24, 2.45) is 10.2 Å². The average molecular weight is 228 g/mol. The van der Waals surface area contributed by atoms with Crippen molar-refractivity contribution < 1.29 is 9.59 Å². The molecule has 16 heavy (non-hydrogen) atoms. The average Bonchev–Trinajstić information content (AvgIpc) is 2.24. The summed E-state index contributed by atoms with van der Waals surface area (Å²) in [4.78, 5) is 22.8. The second kappa shape index (κ2) is 5.05. The lowest BCUT2D eigenvalue weighted by atomic mass is 10.1. The molecule has 0 unspecified atom stereocenters. The zero-order valence-electron chi connectivity index (χ0n) is 10.7. The molecule has 0 saturated carbocycles. The van der Waals surface area contributed by atoms with Crippen LogP contribution in [0.25, 0.3) is 0 Å². The Morgan fingerprint density at radius 3 is 1.25 bits per heavy atom. The van der Waals surface area contributed by atoms with Crippen molar-refractivity contribution in [3.8, 4) is 0 Å². The van der Waals surface area contributed by atoms with Crippen molar-refractivity contribution in [2.45, 2.75) is 38.8 Å². The van der Waals surface area contributed by atoms with Crippen LogP contribution < -0.4 is 10.6 Å². The molecular weight excluding hydrogens is 208 g/mol. The smallest absolute Gasteiger partial charge is 0.249 e. The van der Waals surface area contributed by atoms with Gasteiger partial charge in [0, 0.05) is 14.1 Å². The number of hydrogen-bond acceptors (Lipinski definition) is 4. The SMILES string of the molecule is CNC(=O)C(C)(C)N=NC(C)(C)C(=O)NC. The van der Waals surface area contributed by atoms with Crippen LogP contribution in [0.4, 0.5) is 0 Å². The number of nitrogens with one attached hydrogen (secondary N) is 2. The van der Waals surface area contributed by atoms with E-state index in [1.165, 1.54) is 14.1 Å². The maximum Gasteiger partial charge on any atom is 0.249 e. The molecule has 0 aliphatic carbocycles. The van der Waals surface area contributed by atoms with Crippen LogP contribution in [0.15, 0.2) is 10.2 Å². The molecule has 92 valence electrons. The molecule has 0 heterocycles. The normalized spacial score (nSPS) is 12.6. The number of likely N-dealkylation sites (N-methyl/N-ethyl adjacent to an activating group) is 2. The van der Waals surface area contributed by atoms with Crippen LogP contribution >= 0.6 is 0 Å². The molecule has 0 radical (unpaired) electrons.